The molecule has 6 N–H and O–H groups in total. The Morgan fingerprint density at radius 2 is 2.00 bits per heavy atom. The first kappa shape index (κ1) is 10.5. The van der Waals surface area contributed by atoms with E-state index < -0.39 is 0 Å². The summed E-state index contributed by atoms with van der Waals surface area (Å²) in [5, 5.41) is 11.3. The number of hydrogen-bond acceptors (Lipinski definition) is 5. The second kappa shape index (κ2) is 9.71. The molecule has 0 aliphatic rings. The van der Waals surface area contributed by atoms with Crippen molar-refractivity contribution >= 4 is 12.4 Å². The molecule has 0 bridgehead atoms. The van der Waals surface area contributed by atoms with Crippen LogP contribution in [0.3, 0.4) is 0 Å². The average Bonchev–Trinajstić information content (AvgIpc) is 1.89. The summed E-state index contributed by atoms with van der Waals surface area (Å²) in [5.74, 6) is 4.42. The largest absolute Gasteiger partial charge is 0.662 e. The zero-order chi connectivity index (χ0) is 7.70. The van der Waals surface area contributed by atoms with Gasteiger partial charge in [0, 0.05) is 1.43 Å². The van der Waals surface area contributed by atoms with E-state index in [0.717, 1.165) is 0 Å². The Labute approximate surface area is 52.5 Å². The summed E-state index contributed by atoms with van der Waals surface area (Å²) < 4.78 is 0. The van der Waals surface area contributed by atoms with Gasteiger partial charge in [0.05, 0.1) is 0 Å². The van der Waals surface area contributed by atoms with Gasteiger partial charge in [-0.05, 0) is 0 Å². The Morgan fingerprint density at radius 1 is 1.78 bits per heavy atom. The monoisotopic (exact) mass is 138 g/mol. The van der Waals surface area contributed by atoms with Crippen molar-refractivity contribution in [3.8, 4) is 0 Å². The molecule has 0 atom stereocenters. The third-order valence-corrected chi connectivity index (χ3v) is 0.188. The lowest BCUT2D eigenvalue weighted by atomic mass is 11.7. The van der Waals surface area contributed by atoms with Crippen molar-refractivity contribution in [2.24, 2.45) is 22.4 Å². The van der Waals surface area contributed by atoms with E-state index in [9.17, 15) is 0 Å². The summed E-state index contributed by atoms with van der Waals surface area (Å²) in [5.41, 5.74) is 9.39. The fraction of sp³-hybridized carbons (Fsp3) is 0. The topological polar surface area (TPSA) is 140 Å². The van der Waals surface area contributed by atoms with Crippen molar-refractivity contribution in [1.82, 2.24) is 0 Å². The maximum Gasteiger partial charge on any atom is 0.287 e. The van der Waals surface area contributed by atoms with Crippen LogP contribution in [0.15, 0.2) is 5.10 Å². The minimum Gasteiger partial charge on any atom is -0.662 e. The normalized spacial score (nSPS) is 5.89. The Bertz CT molecular complexity index is 92.5. The average molecular weight is 138 g/mol. The standard InChI is InChI=1S/CH6N4.CH2O3.H2/c2-1(3)5-4;2-1-4-3;/h4H2,(H4,2,3,5);1,3H;1H/p-1/i1+1;;. The fourth-order valence-corrected chi connectivity index (χ4v) is 0. The lowest BCUT2D eigenvalue weighted by Crippen LogP contribution is -2.23. The Balaban J connectivity index is -0.0000000910. The van der Waals surface area contributed by atoms with Crippen molar-refractivity contribution in [3.63, 3.8) is 0 Å². The summed E-state index contributed by atoms with van der Waals surface area (Å²) in [7, 11) is 0. The van der Waals surface area contributed by atoms with E-state index in [1.807, 2.05) is 0 Å². The number of carbonyl (C=O) groups excluding carboxylic acids is 1. The highest BCUT2D eigenvalue weighted by molar-refractivity contribution is 5.75. The van der Waals surface area contributed by atoms with E-state index in [2.05, 4.69) is 15.8 Å². The summed E-state index contributed by atoms with van der Waals surface area (Å²) in [6.07, 6.45) is 0. The first-order valence-electron chi connectivity index (χ1n) is 1.70. The molecule has 0 aromatic heterocycles. The lowest BCUT2D eigenvalue weighted by Gasteiger charge is -1.88. The lowest BCUT2D eigenvalue weighted by molar-refractivity contribution is -0.652. The van der Waals surface area contributed by atoms with Crippen LogP contribution in [0, 0.1) is 0 Å². The predicted octanol–water partition coefficient (Wildman–Crippen LogP) is -3.19. The third-order valence-electron chi connectivity index (χ3n) is 0.188. The van der Waals surface area contributed by atoms with Crippen LogP contribution in [0.4, 0.5) is 0 Å². The molecule has 0 unspecified atom stereocenters. The van der Waals surface area contributed by atoms with Gasteiger partial charge in [-0.2, -0.15) is 0 Å². The second-order valence-corrected chi connectivity index (χ2v) is 0.746. The van der Waals surface area contributed by atoms with Gasteiger partial charge in [0.25, 0.3) is 6.47 Å². The molecular formula is C2H9N4O3-. The number of hydrogen-bond donors (Lipinski definition) is 3. The van der Waals surface area contributed by atoms with Crippen LogP contribution in [-0.4, -0.2) is 12.4 Å². The molecule has 7 nitrogen and oxygen atoms in total. The van der Waals surface area contributed by atoms with E-state index in [-0.39, 0.29) is 13.9 Å². The Kier molecular flexibility index (Phi) is 11.3. The maximum atomic E-state index is 8.64. The minimum atomic E-state index is -0.181. The molecule has 0 fully saturated rings. The zero-order valence-electron chi connectivity index (χ0n) is 4.48. The Morgan fingerprint density at radius 3 is 2.00 bits per heavy atom. The number of carbonyl (C=O) groups is 1. The van der Waals surface area contributed by atoms with Crippen LogP contribution in [-0.2, 0) is 9.68 Å². The van der Waals surface area contributed by atoms with Crippen molar-refractivity contribution < 1.29 is 16.4 Å². The highest BCUT2D eigenvalue weighted by atomic mass is 17.1. The van der Waals surface area contributed by atoms with Gasteiger partial charge in [0.2, 0.25) is 5.96 Å². The molecule has 0 radical (unpaired) electrons. The van der Waals surface area contributed by atoms with Crippen molar-refractivity contribution in [2.45, 2.75) is 0 Å². The molecule has 0 aliphatic heterocycles. The highest BCUT2D eigenvalue weighted by Gasteiger charge is 1.62. The third kappa shape index (κ3) is 58.5. The van der Waals surface area contributed by atoms with Gasteiger partial charge >= 0.3 is 0 Å². The molecule has 0 saturated carbocycles. The van der Waals surface area contributed by atoms with Gasteiger partial charge in [0.15, 0.2) is 0 Å². The van der Waals surface area contributed by atoms with Crippen LogP contribution >= 0.6 is 0 Å². The number of hydrazone groups is 1. The molecule has 0 aromatic carbocycles. The molecule has 0 amide bonds. The number of guanidine groups is 1. The quantitative estimate of drug-likeness (QED) is 0.0663. The molecule has 0 aromatic rings. The van der Waals surface area contributed by atoms with Crippen molar-refractivity contribution in [2.75, 3.05) is 0 Å². The summed E-state index contributed by atoms with van der Waals surface area (Å²) in [4.78, 5) is 11.2. The van der Waals surface area contributed by atoms with Crippen molar-refractivity contribution in [3.05, 3.63) is 0 Å². The number of nitrogens with zero attached hydrogens (tertiary/aromatic N) is 1. The number of nitrogens with two attached hydrogens (primary N) is 3. The molecule has 7 heteroatoms. The SMILES string of the molecule is NN=[13C](N)N.O=CO[O-].[HH]. The van der Waals surface area contributed by atoms with E-state index in [1.54, 1.807) is 0 Å². The zero-order valence-corrected chi connectivity index (χ0v) is 4.48. The van der Waals surface area contributed by atoms with Gasteiger partial charge in [0.1, 0.15) is 0 Å². The van der Waals surface area contributed by atoms with Crippen LogP contribution in [0.5, 0.6) is 0 Å². The van der Waals surface area contributed by atoms with Gasteiger partial charge in [-0.25, -0.2) is 0 Å². The Hall–Kier alpha value is -1.50. The fourth-order valence-electron chi connectivity index (χ4n) is 0. The van der Waals surface area contributed by atoms with Crippen molar-refractivity contribution in [1.29, 1.82) is 0 Å². The molecule has 0 spiro atoms. The van der Waals surface area contributed by atoms with Crippen LogP contribution in [0.2, 0.25) is 0 Å². The van der Waals surface area contributed by atoms with E-state index >= 15 is 0 Å². The molecular weight excluding hydrogens is 129 g/mol. The van der Waals surface area contributed by atoms with Crippen LogP contribution in [0.25, 0.3) is 0 Å². The van der Waals surface area contributed by atoms with E-state index in [0.29, 0.717) is 0 Å². The second-order valence-electron chi connectivity index (χ2n) is 0.746. The van der Waals surface area contributed by atoms with E-state index in [4.69, 9.17) is 21.5 Å². The van der Waals surface area contributed by atoms with Crippen LogP contribution in [0.1, 0.15) is 1.43 Å². The summed E-state index contributed by atoms with van der Waals surface area (Å²) >= 11 is 0. The highest BCUT2D eigenvalue weighted by Crippen LogP contribution is 1.31. The van der Waals surface area contributed by atoms with Gasteiger partial charge in [-0.3, -0.25) is 4.79 Å². The smallest absolute Gasteiger partial charge is 0.287 e. The van der Waals surface area contributed by atoms with E-state index in [1.165, 1.54) is 0 Å². The van der Waals surface area contributed by atoms with Gasteiger partial charge < -0.3 is 27.5 Å². The molecule has 0 rings (SSSR count). The number of rotatable bonds is 1. The van der Waals surface area contributed by atoms with Gasteiger partial charge in [-0.1, -0.05) is 0 Å². The first-order valence-corrected chi connectivity index (χ1v) is 1.70. The maximum absolute atomic E-state index is 8.64. The predicted molar refractivity (Wildman–Crippen MR) is 29.3 cm³/mol. The summed E-state index contributed by atoms with van der Waals surface area (Å²) in [6.45, 7) is -0.181. The van der Waals surface area contributed by atoms with Gasteiger partial charge in [-0.15, -0.1) is 5.10 Å². The first-order chi connectivity index (χ1) is 4.18. The molecule has 0 saturated heterocycles. The molecule has 0 aliphatic carbocycles. The molecule has 9 heavy (non-hydrogen) atoms. The summed E-state index contributed by atoms with van der Waals surface area (Å²) in [6, 6.07) is 0. The van der Waals surface area contributed by atoms with Crippen LogP contribution < -0.4 is 22.6 Å². The molecule has 56 valence electrons. The molecule has 0 heterocycles. The minimum absolute atomic E-state index is 0.